The molecule has 0 aliphatic carbocycles. The molecule has 0 amide bonds. The van der Waals surface area contributed by atoms with Crippen LogP contribution >= 0.6 is 0 Å². The van der Waals surface area contributed by atoms with Crippen molar-refractivity contribution >= 4 is 16.7 Å². The minimum atomic E-state index is -0.555. The zero-order valence-corrected chi connectivity index (χ0v) is 9.60. The summed E-state index contributed by atoms with van der Waals surface area (Å²) in [7, 11) is 1.87. The number of aromatic nitrogens is 2. The van der Waals surface area contributed by atoms with E-state index in [0.29, 0.717) is 6.54 Å². The average molecular weight is 236 g/mol. The Morgan fingerprint density at radius 3 is 2.82 bits per heavy atom. The molecular formula is C11H16N4O2. The van der Waals surface area contributed by atoms with Crippen molar-refractivity contribution < 1.29 is 5.11 Å². The zero-order valence-electron chi connectivity index (χ0n) is 9.60. The molecule has 0 aliphatic rings. The molecule has 0 bridgehead atoms. The molecule has 6 heteroatoms. The quantitative estimate of drug-likeness (QED) is 0.581. The number of benzene rings is 1. The van der Waals surface area contributed by atoms with Gasteiger partial charge in [-0.1, -0.05) is 0 Å². The standard InChI is InChI=1S/C11H16N4O2/c1-15(6-8(16)5-12)7-2-3-9-10(4-7)14-11(17)13-9/h2-4,8,16H,5-6,12H2,1H3,(H2,13,14,17). The van der Waals surface area contributed by atoms with Crippen molar-refractivity contribution in [3.05, 3.63) is 28.7 Å². The van der Waals surface area contributed by atoms with E-state index in [9.17, 15) is 9.90 Å². The van der Waals surface area contributed by atoms with Gasteiger partial charge in [-0.05, 0) is 18.2 Å². The van der Waals surface area contributed by atoms with E-state index in [1.165, 1.54) is 0 Å². The lowest BCUT2D eigenvalue weighted by Gasteiger charge is -2.21. The first-order valence-corrected chi connectivity index (χ1v) is 5.41. The van der Waals surface area contributed by atoms with Crippen molar-refractivity contribution in [1.29, 1.82) is 0 Å². The number of aliphatic hydroxyl groups excluding tert-OH is 1. The molecule has 1 unspecified atom stereocenters. The minimum Gasteiger partial charge on any atom is -0.390 e. The molecule has 1 aromatic heterocycles. The van der Waals surface area contributed by atoms with E-state index < -0.39 is 6.10 Å². The Kier molecular flexibility index (Phi) is 3.16. The van der Waals surface area contributed by atoms with Gasteiger partial charge in [0.2, 0.25) is 0 Å². The van der Waals surface area contributed by atoms with Crippen molar-refractivity contribution in [3.8, 4) is 0 Å². The summed E-state index contributed by atoms with van der Waals surface area (Å²) in [6.45, 7) is 0.685. The van der Waals surface area contributed by atoms with Crippen LogP contribution in [0, 0.1) is 0 Å². The number of likely N-dealkylation sites (N-methyl/N-ethyl adjacent to an activating group) is 1. The van der Waals surface area contributed by atoms with Crippen LogP contribution in [0.1, 0.15) is 0 Å². The van der Waals surface area contributed by atoms with Crippen molar-refractivity contribution in [2.45, 2.75) is 6.10 Å². The monoisotopic (exact) mass is 236 g/mol. The summed E-state index contributed by atoms with van der Waals surface area (Å²) in [5.41, 5.74) is 7.58. The fourth-order valence-electron chi connectivity index (χ4n) is 1.75. The Balaban J connectivity index is 2.26. The van der Waals surface area contributed by atoms with E-state index in [1.54, 1.807) is 0 Å². The van der Waals surface area contributed by atoms with Gasteiger partial charge in [0.25, 0.3) is 0 Å². The molecule has 1 heterocycles. The van der Waals surface area contributed by atoms with E-state index in [1.807, 2.05) is 30.1 Å². The number of H-pyrrole nitrogens is 2. The highest BCUT2D eigenvalue weighted by molar-refractivity contribution is 5.78. The normalized spacial score (nSPS) is 12.9. The molecule has 0 radical (unpaired) electrons. The molecule has 0 aliphatic heterocycles. The van der Waals surface area contributed by atoms with Crippen LogP contribution in [0.3, 0.4) is 0 Å². The topological polar surface area (TPSA) is 98.1 Å². The van der Waals surface area contributed by atoms with Crippen molar-refractivity contribution in [3.63, 3.8) is 0 Å². The molecule has 0 saturated carbocycles. The maximum atomic E-state index is 11.1. The summed E-state index contributed by atoms with van der Waals surface area (Å²) in [5.74, 6) is 0. The third-order valence-electron chi connectivity index (χ3n) is 2.70. The van der Waals surface area contributed by atoms with Gasteiger partial charge < -0.3 is 25.7 Å². The van der Waals surface area contributed by atoms with Crippen LogP contribution in [0.15, 0.2) is 23.0 Å². The van der Waals surface area contributed by atoms with Crippen molar-refractivity contribution in [2.24, 2.45) is 5.73 Å². The van der Waals surface area contributed by atoms with E-state index in [0.717, 1.165) is 16.7 Å². The smallest absolute Gasteiger partial charge is 0.323 e. The number of aromatic amines is 2. The summed E-state index contributed by atoms with van der Waals surface area (Å²) in [5, 5.41) is 9.48. The summed E-state index contributed by atoms with van der Waals surface area (Å²) in [6, 6.07) is 5.57. The Morgan fingerprint density at radius 2 is 2.12 bits per heavy atom. The first-order valence-electron chi connectivity index (χ1n) is 5.41. The van der Waals surface area contributed by atoms with Crippen LogP contribution < -0.4 is 16.3 Å². The third-order valence-corrected chi connectivity index (χ3v) is 2.70. The first kappa shape index (κ1) is 11.7. The van der Waals surface area contributed by atoms with Gasteiger partial charge in [0.15, 0.2) is 0 Å². The Morgan fingerprint density at radius 1 is 1.41 bits per heavy atom. The first-order chi connectivity index (χ1) is 8.10. The second-order valence-electron chi connectivity index (χ2n) is 4.08. The van der Waals surface area contributed by atoms with Gasteiger partial charge in [-0.3, -0.25) is 0 Å². The number of nitrogens with zero attached hydrogens (tertiary/aromatic N) is 1. The average Bonchev–Trinajstić information content (AvgIpc) is 2.67. The van der Waals surface area contributed by atoms with Gasteiger partial charge >= 0.3 is 5.69 Å². The lowest BCUT2D eigenvalue weighted by atomic mass is 10.2. The summed E-state index contributed by atoms with van der Waals surface area (Å²) < 4.78 is 0. The highest BCUT2D eigenvalue weighted by atomic mass is 16.3. The molecule has 2 rings (SSSR count). The second kappa shape index (κ2) is 4.60. The number of nitrogens with one attached hydrogen (secondary N) is 2. The maximum Gasteiger partial charge on any atom is 0.323 e. The SMILES string of the molecule is CN(CC(O)CN)c1ccc2[nH]c(=O)[nH]c2c1. The van der Waals surface area contributed by atoms with Gasteiger partial charge in [-0.25, -0.2) is 4.79 Å². The zero-order chi connectivity index (χ0) is 12.4. The van der Waals surface area contributed by atoms with Crippen LogP contribution in [0.2, 0.25) is 0 Å². The Hall–Kier alpha value is -1.79. The number of anilines is 1. The molecule has 1 atom stereocenters. The lowest BCUT2D eigenvalue weighted by molar-refractivity contribution is 0.189. The highest BCUT2D eigenvalue weighted by Gasteiger charge is 2.08. The van der Waals surface area contributed by atoms with Crippen molar-refractivity contribution in [1.82, 2.24) is 9.97 Å². The summed E-state index contributed by atoms with van der Waals surface area (Å²) in [6.07, 6.45) is -0.555. The van der Waals surface area contributed by atoms with Gasteiger partial charge in [0.05, 0.1) is 17.1 Å². The molecule has 0 fully saturated rings. The molecule has 0 spiro atoms. The number of hydrogen-bond acceptors (Lipinski definition) is 4. The summed E-state index contributed by atoms with van der Waals surface area (Å²) in [4.78, 5) is 18.4. The van der Waals surface area contributed by atoms with Crippen LogP contribution in [-0.2, 0) is 0 Å². The predicted molar refractivity (Wildman–Crippen MR) is 67.3 cm³/mol. The van der Waals surface area contributed by atoms with Gasteiger partial charge in [-0.2, -0.15) is 0 Å². The highest BCUT2D eigenvalue weighted by Crippen LogP contribution is 2.17. The van der Waals surface area contributed by atoms with Crippen LogP contribution in [0.5, 0.6) is 0 Å². The molecule has 2 aromatic rings. The number of imidazole rings is 1. The molecule has 17 heavy (non-hydrogen) atoms. The molecule has 5 N–H and O–H groups in total. The fourth-order valence-corrected chi connectivity index (χ4v) is 1.75. The van der Waals surface area contributed by atoms with Gasteiger partial charge in [0, 0.05) is 25.8 Å². The Labute approximate surface area is 98.1 Å². The van der Waals surface area contributed by atoms with Gasteiger partial charge in [-0.15, -0.1) is 0 Å². The summed E-state index contributed by atoms with van der Waals surface area (Å²) >= 11 is 0. The number of fused-ring (bicyclic) bond motifs is 1. The Bertz CT molecular complexity index is 560. The van der Waals surface area contributed by atoms with Crippen LogP contribution in [-0.4, -0.2) is 41.3 Å². The largest absolute Gasteiger partial charge is 0.390 e. The molecule has 92 valence electrons. The lowest BCUT2D eigenvalue weighted by Crippen LogP contribution is -2.34. The second-order valence-corrected chi connectivity index (χ2v) is 4.08. The molecular weight excluding hydrogens is 220 g/mol. The van der Waals surface area contributed by atoms with Crippen LogP contribution in [0.25, 0.3) is 11.0 Å². The fraction of sp³-hybridized carbons (Fsp3) is 0.364. The van der Waals surface area contributed by atoms with Crippen molar-refractivity contribution in [2.75, 3.05) is 25.0 Å². The van der Waals surface area contributed by atoms with Gasteiger partial charge in [0.1, 0.15) is 0 Å². The molecule has 6 nitrogen and oxygen atoms in total. The maximum absolute atomic E-state index is 11.1. The number of rotatable bonds is 4. The van der Waals surface area contributed by atoms with E-state index in [-0.39, 0.29) is 12.2 Å². The van der Waals surface area contributed by atoms with E-state index in [2.05, 4.69) is 9.97 Å². The van der Waals surface area contributed by atoms with E-state index in [4.69, 9.17) is 5.73 Å². The predicted octanol–water partition coefficient (Wildman–Crippen LogP) is -0.388. The third kappa shape index (κ3) is 2.48. The molecule has 0 saturated heterocycles. The minimum absolute atomic E-state index is 0.221. The van der Waals surface area contributed by atoms with E-state index >= 15 is 0 Å². The number of aliphatic hydroxyl groups is 1. The molecule has 1 aromatic carbocycles. The van der Waals surface area contributed by atoms with Crippen LogP contribution in [0.4, 0.5) is 5.69 Å². The number of hydrogen-bond donors (Lipinski definition) is 4. The number of nitrogens with two attached hydrogens (primary N) is 1.